The molecule has 1 N–H and O–H groups in total. The van der Waals surface area contributed by atoms with E-state index in [9.17, 15) is 4.79 Å². The van der Waals surface area contributed by atoms with Crippen molar-refractivity contribution in [3.8, 4) is 5.75 Å². The molecule has 25 heavy (non-hydrogen) atoms. The van der Waals surface area contributed by atoms with Gasteiger partial charge in [0.2, 0.25) is 0 Å². The molecular formula is C18H20ClN3O3. The third kappa shape index (κ3) is 2.79. The van der Waals surface area contributed by atoms with Crippen LogP contribution in [0.3, 0.4) is 0 Å². The maximum atomic E-state index is 12.9. The van der Waals surface area contributed by atoms with Gasteiger partial charge in [0.1, 0.15) is 11.4 Å². The van der Waals surface area contributed by atoms with Gasteiger partial charge in [-0.3, -0.25) is 9.89 Å². The van der Waals surface area contributed by atoms with Gasteiger partial charge in [-0.25, -0.2) is 0 Å². The number of hydrogen-bond donors (Lipinski definition) is 1. The quantitative estimate of drug-likeness (QED) is 0.893. The molecule has 1 saturated heterocycles. The Bertz CT molecular complexity index is 797. The molecule has 2 aliphatic heterocycles. The number of ether oxygens (including phenoxy) is 2. The molecule has 0 unspecified atom stereocenters. The Balaban J connectivity index is 1.54. The van der Waals surface area contributed by atoms with Gasteiger partial charge in [-0.15, -0.1) is 0 Å². The van der Waals surface area contributed by atoms with Crippen molar-refractivity contribution in [1.82, 2.24) is 15.1 Å². The molecule has 0 aliphatic carbocycles. The predicted molar refractivity (Wildman–Crippen MR) is 93.1 cm³/mol. The molecular weight excluding hydrogens is 342 g/mol. The van der Waals surface area contributed by atoms with E-state index in [1.165, 1.54) is 5.56 Å². The van der Waals surface area contributed by atoms with Crippen molar-refractivity contribution in [2.45, 2.75) is 24.9 Å². The summed E-state index contributed by atoms with van der Waals surface area (Å²) in [6.07, 6.45) is 4.26. The molecule has 0 bridgehead atoms. The Hall–Kier alpha value is -2.05. The van der Waals surface area contributed by atoms with Crippen molar-refractivity contribution >= 4 is 17.5 Å². The van der Waals surface area contributed by atoms with Crippen molar-refractivity contribution in [2.24, 2.45) is 0 Å². The lowest BCUT2D eigenvalue weighted by Crippen LogP contribution is -2.48. The number of halogens is 1. The van der Waals surface area contributed by atoms with Gasteiger partial charge in [-0.1, -0.05) is 11.6 Å². The van der Waals surface area contributed by atoms with Gasteiger partial charge in [-0.05, 0) is 43.0 Å². The maximum Gasteiger partial charge on any atom is 0.257 e. The number of aromatic nitrogens is 2. The highest BCUT2D eigenvalue weighted by atomic mass is 35.5. The average molecular weight is 362 g/mol. The second-order valence-corrected chi connectivity index (χ2v) is 6.94. The second kappa shape index (κ2) is 6.35. The molecule has 1 aromatic carbocycles. The van der Waals surface area contributed by atoms with Crippen LogP contribution in [0.25, 0.3) is 0 Å². The largest absolute Gasteiger partial charge is 0.496 e. The van der Waals surface area contributed by atoms with Crippen LogP contribution in [0.5, 0.6) is 5.75 Å². The molecule has 1 aromatic heterocycles. The van der Waals surface area contributed by atoms with Crippen LogP contribution in [0.2, 0.25) is 5.02 Å². The fourth-order valence-corrected chi connectivity index (χ4v) is 3.98. The van der Waals surface area contributed by atoms with Crippen LogP contribution >= 0.6 is 11.6 Å². The number of benzene rings is 1. The summed E-state index contributed by atoms with van der Waals surface area (Å²) in [5.74, 6) is 0.481. The van der Waals surface area contributed by atoms with Crippen LogP contribution < -0.4 is 4.74 Å². The summed E-state index contributed by atoms with van der Waals surface area (Å²) >= 11 is 6.06. The van der Waals surface area contributed by atoms with E-state index >= 15 is 0 Å². The number of likely N-dealkylation sites (tertiary alicyclic amines) is 1. The van der Waals surface area contributed by atoms with Crippen molar-refractivity contribution < 1.29 is 14.3 Å². The van der Waals surface area contributed by atoms with Crippen LogP contribution in [0.1, 0.15) is 34.5 Å². The van der Waals surface area contributed by atoms with E-state index in [1.807, 2.05) is 11.1 Å². The van der Waals surface area contributed by atoms with E-state index < -0.39 is 0 Å². The Morgan fingerprint density at radius 2 is 2.20 bits per heavy atom. The number of amides is 1. The summed E-state index contributed by atoms with van der Waals surface area (Å²) in [7, 11) is 1.56. The van der Waals surface area contributed by atoms with Crippen LogP contribution in [-0.4, -0.2) is 47.8 Å². The second-order valence-electron chi connectivity index (χ2n) is 6.50. The molecule has 4 rings (SSSR count). The summed E-state index contributed by atoms with van der Waals surface area (Å²) in [6.45, 7) is 1.93. The minimum absolute atomic E-state index is 0.0603. The molecule has 6 nitrogen and oxygen atoms in total. The van der Waals surface area contributed by atoms with Crippen molar-refractivity contribution in [1.29, 1.82) is 0 Å². The van der Waals surface area contributed by atoms with Crippen molar-refractivity contribution in [2.75, 3.05) is 26.8 Å². The Labute approximate surface area is 151 Å². The molecule has 1 spiro atoms. The summed E-state index contributed by atoms with van der Waals surface area (Å²) in [5, 5.41) is 7.80. The number of aromatic amines is 1. The number of nitrogens with one attached hydrogen (secondary N) is 1. The summed E-state index contributed by atoms with van der Waals surface area (Å²) < 4.78 is 11.4. The van der Waals surface area contributed by atoms with Crippen LogP contribution in [0, 0.1) is 0 Å². The number of methoxy groups -OCH3 is 1. The van der Waals surface area contributed by atoms with E-state index in [-0.39, 0.29) is 11.5 Å². The molecule has 2 aromatic rings. The predicted octanol–water partition coefficient (Wildman–Crippen LogP) is 2.78. The molecule has 2 aliphatic rings. The topological polar surface area (TPSA) is 67.4 Å². The van der Waals surface area contributed by atoms with E-state index in [1.54, 1.807) is 25.3 Å². The van der Waals surface area contributed by atoms with E-state index in [0.717, 1.165) is 25.0 Å². The minimum atomic E-state index is -0.348. The zero-order valence-electron chi connectivity index (χ0n) is 14.0. The Morgan fingerprint density at radius 1 is 1.40 bits per heavy atom. The van der Waals surface area contributed by atoms with E-state index in [0.29, 0.717) is 36.0 Å². The van der Waals surface area contributed by atoms with E-state index in [4.69, 9.17) is 21.1 Å². The summed E-state index contributed by atoms with van der Waals surface area (Å²) in [5.41, 5.74) is 2.45. The smallest absolute Gasteiger partial charge is 0.257 e. The number of H-pyrrole nitrogens is 1. The highest BCUT2D eigenvalue weighted by Gasteiger charge is 2.43. The SMILES string of the molecule is COc1ccc(Cl)cc1C(=O)N1CCC2(CC1)OCCc1cn[nH]c12. The lowest BCUT2D eigenvalue weighted by molar-refractivity contribution is -0.0962. The highest BCUT2D eigenvalue weighted by molar-refractivity contribution is 6.31. The summed E-state index contributed by atoms with van der Waals surface area (Å²) in [6, 6.07) is 5.11. The molecule has 7 heteroatoms. The fourth-order valence-electron chi connectivity index (χ4n) is 3.81. The summed E-state index contributed by atoms with van der Waals surface area (Å²) in [4.78, 5) is 14.8. The van der Waals surface area contributed by atoms with Gasteiger partial charge < -0.3 is 14.4 Å². The number of carbonyl (C=O) groups excluding carboxylic acids is 1. The third-order valence-corrected chi connectivity index (χ3v) is 5.41. The number of piperidine rings is 1. The first-order chi connectivity index (χ1) is 12.1. The normalized spacial score (nSPS) is 18.9. The first kappa shape index (κ1) is 16.4. The van der Waals surface area contributed by atoms with Gasteiger partial charge in [-0.2, -0.15) is 5.10 Å². The van der Waals surface area contributed by atoms with Gasteiger partial charge in [0, 0.05) is 18.1 Å². The van der Waals surface area contributed by atoms with Gasteiger partial charge in [0.05, 0.1) is 31.2 Å². The van der Waals surface area contributed by atoms with Gasteiger partial charge in [0.25, 0.3) is 5.91 Å². The zero-order valence-corrected chi connectivity index (χ0v) is 14.8. The van der Waals surface area contributed by atoms with Gasteiger partial charge in [0.15, 0.2) is 0 Å². The van der Waals surface area contributed by atoms with E-state index in [2.05, 4.69) is 10.2 Å². The van der Waals surface area contributed by atoms with Crippen molar-refractivity contribution in [3.05, 3.63) is 46.2 Å². The Kier molecular flexibility index (Phi) is 4.17. The monoisotopic (exact) mass is 361 g/mol. The maximum absolute atomic E-state index is 12.9. The molecule has 1 fully saturated rings. The molecule has 132 valence electrons. The number of fused-ring (bicyclic) bond motifs is 2. The van der Waals surface area contributed by atoms with Gasteiger partial charge >= 0.3 is 0 Å². The number of nitrogens with zero attached hydrogens (tertiary/aromatic N) is 2. The van der Waals surface area contributed by atoms with Crippen LogP contribution in [0.15, 0.2) is 24.4 Å². The fraction of sp³-hybridized carbons (Fsp3) is 0.444. The van der Waals surface area contributed by atoms with Crippen molar-refractivity contribution in [3.63, 3.8) is 0 Å². The Morgan fingerprint density at radius 3 is 2.96 bits per heavy atom. The average Bonchev–Trinajstić information content (AvgIpc) is 3.12. The molecule has 1 amide bonds. The first-order valence-corrected chi connectivity index (χ1v) is 8.80. The highest BCUT2D eigenvalue weighted by Crippen LogP contribution is 2.40. The standard InChI is InChI=1S/C18H20ClN3O3/c1-24-15-3-2-13(19)10-14(15)17(23)22-7-5-18(6-8-22)16-12(4-9-25-18)11-20-21-16/h2-3,10-11H,4-9H2,1H3,(H,20,21). The number of hydrogen-bond acceptors (Lipinski definition) is 4. The lowest BCUT2D eigenvalue weighted by atomic mass is 9.83. The lowest BCUT2D eigenvalue weighted by Gasteiger charge is -2.43. The number of carbonyl (C=O) groups is 1. The number of rotatable bonds is 2. The first-order valence-electron chi connectivity index (χ1n) is 8.42. The zero-order chi connectivity index (χ0) is 17.4. The van der Waals surface area contributed by atoms with Crippen LogP contribution in [-0.2, 0) is 16.8 Å². The molecule has 0 saturated carbocycles. The minimum Gasteiger partial charge on any atom is -0.496 e. The van der Waals surface area contributed by atoms with Crippen LogP contribution in [0.4, 0.5) is 0 Å². The molecule has 3 heterocycles. The third-order valence-electron chi connectivity index (χ3n) is 5.17. The molecule has 0 atom stereocenters. The molecule has 0 radical (unpaired) electrons.